The normalized spacial score (nSPS) is 15.7. The van der Waals surface area contributed by atoms with Gasteiger partial charge in [0.1, 0.15) is 6.04 Å². The third-order valence-corrected chi connectivity index (χ3v) is 5.44. The molecule has 0 bridgehead atoms. The maximum atomic E-state index is 12.7. The molecule has 2 aromatic carbocycles. The van der Waals surface area contributed by atoms with Crippen molar-refractivity contribution in [1.29, 1.82) is 0 Å². The molecule has 3 aromatic rings. The van der Waals surface area contributed by atoms with Crippen LogP contribution in [0.3, 0.4) is 0 Å². The van der Waals surface area contributed by atoms with Crippen molar-refractivity contribution in [2.24, 2.45) is 0 Å². The summed E-state index contributed by atoms with van der Waals surface area (Å²) in [5.41, 5.74) is 2.44. The van der Waals surface area contributed by atoms with Crippen LogP contribution in [0.2, 0.25) is 0 Å². The summed E-state index contributed by atoms with van der Waals surface area (Å²) in [6.45, 7) is 0.195. The number of ether oxygens (including phenoxy) is 2. The predicted octanol–water partition coefficient (Wildman–Crippen LogP) is 2.68. The molecule has 1 unspecified atom stereocenters. The van der Waals surface area contributed by atoms with E-state index in [0.29, 0.717) is 23.6 Å². The molecule has 166 valence electrons. The molecular weight excluding hydrogens is 412 g/mol. The number of hydrogen-bond donors (Lipinski definition) is 3. The Morgan fingerprint density at radius 2 is 1.91 bits per heavy atom. The Bertz CT molecular complexity index is 1170. The summed E-state index contributed by atoms with van der Waals surface area (Å²) >= 11 is 0. The molecule has 1 aromatic heterocycles. The summed E-state index contributed by atoms with van der Waals surface area (Å²) in [5, 5.41) is 6.30. The van der Waals surface area contributed by atoms with E-state index in [1.54, 1.807) is 32.5 Å². The Labute approximate surface area is 184 Å². The highest BCUT2D eigenvalue weighted by Gasteiger charge is 2.38. The highest BCUT2D eigenvalue weighted by Crippen LogP contribution is 2.28. The third-order valence-electron chi connectivity index (χ3n) is 5.44. The molecule has 1 fully saturated rings. The zero-order valence-corrected chi connectivity index (χ0v) is 17.8. The van der Waals surface area contributed by atoms with Gasteiger partial charge in [-0.25, -0.2) is 4.79 Å². The van der Waals surface area contributed by atoms with Crippen LogP contribution in [0.4, 0.5) is 10.5 Å². The number of amides is 4. The molecule has 9 heteroatoms. The van der Waals surface area contributed by atoms with E-state index in [-0.39, 0.29) is 18.9 Å². The topological polar surface area (TPSA) is 113 Å². The van der Waals surface area contributed by atoms with Crippen LogP contribution in [0.5, 0.6) is 11.5 Å². The second kappa shape index (κ2) is 9.01. The Morgan fingerprint density at radius 1 is 1.09 bits per heavy atom. The molecule has 3 N–H and O–H groups in total. The first kappa shape index (κ1) is 21.2. The number of urea groups is 1. The molecule has 0 radical (unpaired) electrons. The molecule has 9 nitrogen and oxygen atoms in total. The molecule has 0 saturated carbocycles. The van der Waals surface area contributed by atoms with Crippen LogP contribution >= 0.6 is 0 Å². The third kappa shape index (κ3) is 4.22. The molecule has 4 amide bonds. The number of carbonyl (C=O) groups is 3. The maximum Gasteiger partial charge on any atom is 0.324 e. The summed E-state index contributed by atoms with van der Waals surface area (Å²) in [4.78, 5) is 41.8. The first-order valence-electron chi connectivity index (χ1n) is 10.2. The number of fused-ring (bicyclic) bond motifs is 1. The highest BCUT2D eigenvalue weighted by molar-refractivity contribution is 6.08. The summed E-state index contributed by atoms with van der Waals surface area (Å²) < 4.78 is 10.5. The lowest BCUT2D eigenvalue weighted by Crippen LogP contribution is -2.35. The van der Waals surface area contributed by atoms with Crippen LogP contribution in [0.15, 0.2) is 48.7 Å². The number of nitrogens with zero attached hydrogens (tertiary/aromatic N) is 1. The van der Waals surface area contributed by atoms with Gasteiger partial charge in [-0.3, -0.25) is 14.5 Å². The number of benzene rings is 2. The second-order valence-electron chi connectivity index (χ2n) is 7.43. The molecule has 1 atom stereocenters. The lowest BCUT2D eigenvalue weighted by molar-refractivity contribution is -0.129. The number of carbonyl (C=O) groups excluding carboxylic acids is 3. The van der Waals surface area contributed by atoms with E-state index in [4.69, 9.17) is 9.47 Å². The fourth-order valence-electron chi connectivity index (χ4n) is 3.79. The number of aromatic amines is 1. The predicted molar refractivity (Wildman–Crippen MR) is 119 cm³/mol. The van der Waals surface area contributed by atoms with Crippen LogP contribution in [-0.4, -0.2) is 54.5 Å². The Hall–Kier alpha value is -4.01. The van der Waals surface area contributed by atoms with Crippen molar-refractivity contribution in [3.63, 3.8) is 0 Å². The second-order valence-corrected chi connectivity index (χ2v) is 7.43. The van der Waals surface area contributed by atoms with Crippen molar-refractivity contribution in [1.82, 2.24) is 15.2 Å². The van der Waals surface area contributed by atoms with E-state index in [9.17, 15) is 14.4 Å². The lowest BCUT2D eigenvalue weighted by Gasteiger charge is -2.14. The van der Waals surface area contributed by atoms with Crippen LogP contribution in [-0.2, 0) is 16.0 Å². The summed E-state index contributed by atoms with van der Waals surface area (Å²) in [7, 11) is 3.10. The molecule has 0 spiro atoms. The number of imide groups is 1. The van der Waals surface area contributed by atoms with Crippen molar-refractivity contribution in [2.45, 2.75) is 18.9 Å². The minimum absolute atomic E-state index is 0.141. The summed E-state index contributed by atoms with van der Waals surface area (Å²) in [5.74, 6) is 0.423. The number of hydrogen-bond acceptors (Lipinski definition) is 5. The summed E-state index contributed by atoms with van der Waals surface area (Å²) in [6.07, 6.45) is 2.10. The molecule has 1 aliphatic heterocycles. The molecule has 4 rings (SSSR count). The van der Waals surface area contributed by atoms with Crippen molar-refractivity contribution in [3.05, 3.63) is 54.2 Å². The van der Waals surface area contributed by atoms with E-state index in [2.05, 4.69) is 15.6 Å². The number of nitrogens with one attached hydrogen (secondary N) is 3. The smallest absolute Gasteiger partial charge is 0.324 e. The van der Waals surface area contributed by atoms with Crippen molar-refractivity contribution in [3.8, 4) is 11.5 Å². The average molecular weight is 436 g/mol. The van der Waals surface area contributed by atoms with Gasteiger partial charge >= 0.3 is 6.03 Å². The van der Waals surface area contributed by atoms with Gasteiger partial charge in [0.05, 0.1) is 26.3 Å². The van der Waals surface area contributed by atoms with E-state index in [0.717, 1.165) is 21.4 Å². The molecule has 1 aliphatic rings. The van der Waals surface area contributed by atoms with Gasteiger partial charge in [0, 0.05) is 23.6 Å². The van der Waals surface area contributed by atoms with Crippen LogP contribution in [0.1, 0.15) is 12.0 Å². The quantitative estimate of drug-likeness (QED) is 0.470. The maximum absolute atomic E-state index is 12.7. The number of anilines is 1. The average Bonchev–Trinajstić information content (AvgIpc) is 3.37. The summed E-state index contributed by atoms with van der Waals surface area (Å²) in [6, 6.07) is 11.4. The van der Waals surface area contributed by atoms with Gasteiger partial charge < -0.3 is 25.1 Å². The van der Waals surface area contributed by atoms with Crippen molar-refractivity contribution >= 4 is 34.4 Å². The van der Waals surface area contributed by atoms with Gasteiger partial charge in [0.25, 0.3) is 5.91 Å². The molecule has 0 aliphatic carbocycles. The zero-order chi connectivity index (χ0) is 22.7. The van der Waals surface area contributed by atoms with Gasteiger partial charge in [-0.2, -0.15) is 0 Å². The molecule has 32 heavy (non-hydrogen) atoms. The fourth-order valence-corrected chi connectivity index (χ4v) is 3.79. The minimum atomic E-state index is -0.890. The van der Waals surface area contributed by atoms with E-state index in [1.165, 1.54) is 0 Å². The Balaban J connectivity index is 1.36. The van der Waals surface area contributed by atoms with Crippen LogP contribution in [0.25, 0.3) is 10.9 Å². The first-order chi connectivity index (χ1) is 15.5. The SMILES string of the molecule is COc1ccc(CCN2C(=O)NC(CC(=O)Nc3cccc4[nH]ccc34)C2=O)cc1OC. The number of H-pyrrole nitrogens is 1. The number of rotatable bonds is 8. The zero-order valence-electron chi connectivity index (χ0n) is 17.8. The van der Waals surface area contributed by atoms with E-state index >= 15 is 0 Å². The Morgan fingerprint density at radius 3 is 2.69 bits per heavy atom. The number of aromatic nitrogens is 1. The Kier molecular flexibility index (Phi) is 5.98. The highest BCUT2D eigenvalue weighted by atomic mass is 16.5. The van der Waals surface area contributed by atoms with E-state index in [1.807, 2.05) is 30.3 Å². The van der Waals surface area contributed by atoms with Crippen LogP contribution < -0.4 is 20.1 Å². The first-order valence-corrected chi connectivity index (χ1v) is 10.2. The fraction of sp³-hybridized carbons (Fsp3) is 0.261. The van der Waals surface area contributed by atoms with E-state index < -0.39 is 18.0 Å². The molecule has 1 saturated heterocycles. The molecular formula is C23H24N4O5. The van der Waals surface area contributed by atoms with Gasteiger partial charge in [-0.15, -0.1) is 0 Å². The minimum Gasteiger partial charge on any atom is -0.493 e. The van der Waals surface area contributed by atoms with Crippen molar-refractivity contribution in [2.75, 3.05) is 26.1 Å². The molecule has 2 heterocycles. The monoisotopic (exact) mass is 436 g/mol. The number of methoxy groups -OCH3 is 2. The van der Waals surface area contributed by atoms with Gasteiger partial charge in [0.15, 0.2) is 11.5 Å². The van der Waals surface area contributed by atoms with Crippen LogP contribution in [0, 0.1) is 0 Å². The van der Waals surface area contributed by atoms with Crippen molar-refractivity contribution < 1.29 is 23.9 Å². The lowest BCUT2D eigenvalue weighted by atomic mass is 10.1. The van der Waals surface area contributed by atoms with Gasteiger partial charge in [0.2, 0.25) is 5.91 Å². The van der Waals surface area contributed by atoms with Gasteiger partial charge in [-0.1, -0.05) is 12.1 Å². The van der Waals surface area contributed by atoms with Gasteiger partial charge in [-0.05, 0) is 42.3 Å². The largest absolute Gasteiger partial charge is 0.493 e. The standard InChI is InChI=1S/C23H24N4O5/c1-31-19-7-6-14(12-20(19)32-2)9-11-27-22(29)18(26-23(27)30)13-21(28)25-17-5-3-4-16-15(17)8-10-24-16/h3-8,10,12,18,24H,9,11,13H2,1-2H3,(H,25,28)(H,26,30).